The van der Waals surface area contributed by atoms with Gasteiger partial charge in [-0.15, -0.1) is 0 Å². The highest BCUT2D eigenvalue weighted by Crippen LogP contribution is 2.21. The predicted octanol–water partition coefficient (Wildman–Crippen LogP) is 2.89. The largest absolute Gasteiger partial charge is 0.481 e. The Bertz CT molecular complexity index is 514. The molecular weight excluding hydrogens is 264 g/mol. The number of hydrogen-bond donors (Lipinski definition) is 2. The molecule has 0 aliphatic rings. The molecule has 1 aromatic carbocycles. The number of methoxy groups -OCH3 is 1. The zero-order valence-corrected chi connectivity index (χ0v) is 11.3. The van der Waals surface area contributed by atoms with Gasteiger partial charge in [0.2, 0.25) is 5.88 Å². The van der Waals surface area contributed by atoms with Gasteiger partial charge < -0.3 is 15.2 Å². The van der Waals surface area contributed by atoms with Gasteiger partial charge in [0.1, 0.15) is 0 Å². The Morgan fingerprint density at radius 2 is 2.00 bits per heavy atom. The fourth-order valence-corrected chi connectivity index (χ4v) is 1.83. The molecule has 2 rings (SSSR count). The predicted molar refractivity (Wildman–Crippen MR) is 75.7 cm³/mol. The minimum Gasteiger partial charge on any atom is -0.481 e. The molecule has 1 unspecified atom stereocenters. The van der Waals surface area contributed by atoms with Gasteiger partial charge in [-0.05, 0) is 35.9 Å². The normalized spacial score (nSPS) is 11.9. The van der Waals surface area contributed by atoms with Crippen molar-refractivity contribution in [3.8, 4) is 5.88 Å². The monoisotopic (exact) mass is 278 g/mol. The average Bonchev–Trinajstić information content (AvgIpc) is 2.47. The molecule has 0 bridgehead atoms. The van der Waals surface area contributed by atoms with Crippen molar-refractivity contribution < 1.29 is 9.84 Å². The van der Waals surface area contributed by atoms with Crippen LogP contribution in [0.25, 0.3) is 0 Å². The first-order valence-corrected chi connectivity index (χ1v) is 6.23. The molecular formula is C14H15ClN2O2. The van der Waals surface area contributed by atoms with Gasteiger partial charge in [-0.3, -0.25) is 0 Å². The van der Waals surface area contributed by atoms with Gasteiger partial charge in [-0.2, -0.15) is 0 Å². The van der Waals surface area contributed by atoms with Gasteiger partial charge in [0.15, 0.2) is 0 Å². The number of halogens is 1. The topological polar surface area (TPSA) is 54.4 Å². The highest BCUT2D eigenvalue weighted by molar-refractivity contribution is 6.30. The first-order valence-electron chi connectivity index (χ1n) is 5.86. The third-order valence-electron chi connectivity index (χ3n) is 2.74. The van der Waals surface area contributed by atoms with Crippen molar-refractivity contribution in [3.05, 3.63) is 53.2 Å². The molecule has 2 aromatic rings. The number of benzene rings is 1. The van der Waals surface area contributed by atoms with Crippen molar-refractivity contribution in [1.29, 1.82) is 0 Å². The smallest absolute Gasteiger partial charge is 0.212 e. The Hall–Kier alpha value is -1.78. The van der Waals surface area contributed by atoms with E-state index < -0.39 is 0 Å². The minimum atomic E-state index is -0.223. The van der Waals surface area contributed by atoms with E-state index in [4.69, 9.17) is 16.3 Å². The lowest BCUT2D eigenvalue weighted by Crippen LogP contribution is -2.15. The van der Waals surface area contributed by atoms with E-state index >= 15 is 0 Å². The summed E-state index contributed by atoms with van der Waals surface area (Å²) in [4.78, 5) is 4.13. The third-order valence-corrected chi connectivity index (χ3v) is 2.99. The number of hydrogen-bond acceptors (Lipinski definition) is 4. The van der Waals surface area contributed by atoms with E-state index in [1.54, 1.807) is 31.5 Å². The van der Waals surface area contributed by atoms with Crippen LogP contribution in [0.5, 0.6) is 5.88 Å². The molecule has 5 heteroatoms. The quantitative estimate of drug-likeness (QED) is 0.883. The van der Waals surface area contributed by atoms with E-state index in [2.05, 4.69) is 10.3 Å². The molecule has 0 aliphatic heterocycles. The molecule has 0 amide bonds. The van der Waals surface area contributed by atoms with Crippen LogP contribution in [0.2, 0.25) is 5.02 Å². The molecule has 1 aromatic heterocycles. The Morgan fingerprint density at radius 3 is 2.53 bits per heavy atom. The SMILES string of the molecule is COc1ccc(C(CO)Nc2ccc(Cl)cc2)cn1. The van der Waals surface area contributed by atoms with Crippen LogP contribution in [0.4, 0.5) is 5.69 Å². The summed E-state index contributed by atoms with van der Waals surface area (Å²) >= 11 is 5.83. The molecule has 0 radical (unpaired) electrons. The van der Waals surface area contributed by atoms with E-state index in [1.807, 2.05) is 18.2 Å². The van der Waals surface area contributed by atoms with Crippen molar-refractivity contribution in [3.63, 3.8) is 0 Å². The second-order valence-corrected chi connectivity index (χ2v) is 4.46. The summed E-state index contributed by atoms with van der Waals surface area (Å²) in [5.74, 6) is 0.548. The van der Waals surface area contributed by atoms with Crippen LogP contribution in [-0.2, 0) is 0 Å². The van der Waals surface area contributed by atoms with Crippen molar-refractivity contribution in [2.75, 3.05) is 19.0 Å². The lowest BCUT2D eigenvalue weighted by molar-refractivity contribution is 0.276. The molecule has 0 aliphatic carbocycles. The van der Waals surface area contributed by atoms with E-state index in [1.165, 1.54) is 0 Å². The number of aromatic nitrogens is 1. The summed E-state index contributed by atoms with van der Waals surface area (Å²) < 4.78 is 5.01. The maximum Gasteiger partial charge on any atom is 0.212 e. The standard InChI is InChI=1S/C14H15ClN2O2/c1-19-14-7-2-10(8-16-14)13(9-18)17-12-5-3-11(15)4-6-12/h2-8,13,17-18H,9H2,1H3. The van der Waals surface area contributed by atoms with Crippen molar-refractivity contribution >= 4 is 17.3 Å². The Balaban J connectivity index is 2.12. The number of anilines is 1. The molecule has 0 saturated carbocycles. The van der Waals surface area contributed by atoms with Crippen LogP contribution < -0.4 is 10.1 Å². The van der Waals surface area contributed by atoms with Crippen molar-refractivity contribution in [1.82, 2.24) is 4.98 Å². The Morgan fingerprint density at radius 1 is 1.26 bits per heavy atom. The summed E-state index contributed by atoms with van der Waals surface area (Å²) in [7, 11) is 1.57. The van der Waals surface area contributed by atoms with Gasteiger partial charge >= 0.3 is 0 Å². The molecule has 0 spiro atoms. The fraction of sp³-hybridized carbons (Fsp3) is 0.214. The van der Waals surface area contributed by atoms with Gasteiger partial charge in [0.25, 0.3) is 0 Å². The molecule has 1 heterocycles. The molecule has 19 heavy (non-hydrogen) atoms. The second-order valence-electron chi connectivity index (χ2n) is 4.02. The number of aliphatic hydroxyl groups is 1. The summed E-state index contributed by atoms with van der Waals surface area (Å²) in [5.41, 5.74) is 1.78. The molecule has 4 nitrogen and oxygen atoms in total. The zero-order chi connectivity index (χ0) is 13.7. The fourth-order valence-electron chi connectivity index (χ4n) is 1.70. The molecule has 0 saturated heterocycles. The van der Waals surface area contributed by atoms with E-state index in [0.717, 1.165) is 11.3 Å². The van der Waals surface area contributed by atoms with Crippen LogP contribution in [0.3, 0.4) is 0 Å². The molecule has 1 atom stereocenters. The maximum atomic E-state index is 9.47. The number of pyridine rings is 1. The van der Waals surface area contributed by atoms with Crippen LogP contribution in [0, 0.1) is 0 Å². The van der Waals surface area contributed by atoms with Crippen LogP contribution in [0.1, 0.15) is 11.6 Å². The molecule has 0 fully saturated rings. The molecule has 100 valence electrons. The lowest BCUT2D eigenvalue weighted by atomic mass is 10.1. The number of nitrogens with zero attached hydrogens (tertiary/aromatic N) is 1. The summed E-state index contributed by atoms with van der Waals surface area (Å²) in [6.45, 7) is -0.0311. The number of nitrogens with one attached hydrogen (secondary N) is 1. The highest BCUT2D eigenvalue weighted by Gasteiger charge is 2.10. The minimum absolute atomic E-state index is 0.0311. The number of rotatable bonds is 5. The summed E-state index contributed by atoms with van der Waals surface area (Å²) in [5, 5.41) is 13.4. The number of ether oxygens (including phenoxy) is 1. The van der Waals surface area contributed by atoms with E-state index in [-0.39, 0.29) is 12.6 Å². The molecule has 2 N–H and O–H groups in total. The van der Waals surface area contributed by atoms with Gasteiger partial charge in [0, 0.05) is 23.0 Å². The Labute approximate surface area is 117 Å². The third kappa shape index (κ3) is 3.59. The van der Waals surface area contributed by atoms with Gasteiger partial charge in [0.05, 0.1) is 19.8 Å². The highest BCUT2D eigenvalue weighted by atomic mass is 35.5. The van der Waals surface area contributed by atoms with Crippen LogP contribution >= 0.6 is 11.6 Å². The Kier molecular flexibility index (Phi) is 4.60. The van der Waals surface area contributed by atoms with E-state index in [0.29, 0.717) is 10.9 Å². The van der Waals surface area contributed by atoms with Crippen molar-refractivity contribution in [2.45, 2.75) is 6.04 Å². The first kappa shape index (κ1) is 13.6. The van der Waals surface area contributed by atoms with E-state index in [9.17, 15) is 5.11 Å². The number of aliphatic hydroxyl groups excluding tert-OH is 1. The zero-order valence-electron chi connectivity index (χ0n) is 10.5. The summed E-state index contributed by atoms with van der Waals surface area (Å²) in [6, 6.07) is 10.7. The van der Waals surface area contributed by atoms with Gasteiger partial charge in [-0.1, -0.05) is 11.6 Å². The van der Waals surface area contributed by atoms with Gasteiger partial charge in [-0.25, -0.2) is 4.98 Å². The second kappa shape index (κ2) is 6.41. The lowest BCUT2D eigenvalue weighted by Gasteiger charge is -2.18. The maximum absolute atomic E-state index is 9.47. The first-order chi connectivity index (χ1) is 9.22. The van der Waals surface area contributed by atoms with Crippen LogP contribution in [-0.4, -0.2) is 23.8 Å². The average molecular weight is 279 g/mol. The van der Waals surface area contributed by atoms with Crippen molar-refractivity contribution in [2.24, 2.45) is 0 Å². The van der Waals surface area contributed by atoms with Crippen LogP contribution in [0.15, 0.2) is 42.6 Å². The summed E-state index contributed by atoms with van der Waals surface area (Å²) in [6.07, 6.45) is 1.68.